The van der Waals surface area contributed by atoms with E-state index >= 15 is 0 Å². The molecule has 2 amide bonds. The molecule has 0 aliphatic heterocycles. The molecule has 0 heterocycles. The Morgan fingerprint density at radius 1 is 1.18 bits per heavy atom. The summed E-state index contributed by atoms with van der Waals surface area (Å²) in [6.45, 7) is 4.29. The lowest BCUT2D eigenvalue weighted by atomic mass is 10.0. The van der Waals surface area contributed by atoms with Crippen molar-refractivity contribution < 1.29 is 4.79 Å². The molecule has 22 heavy (non-hydrogen) atoms. The molecule has 0 fully saturated rings. The average molecular weight is 316 g/mol. The third-order valence-corrected chi connectivity index (χ3v) is 3.30. The third-order valence-electron chi connectivity index (χ3n) is 3.07. The Hall–Kier alpha value is -2.33. The predicted molar refractivity (Wildman–Crippen MR) is 91.7 cm³/mol. The maximum Gasteiger partial charge on any atom is 0.339 e. The van der Waals surface area contributed by atoms with Gasteiger partial charge < -0.3 is 5.32 Å². The zero-order valence-corrected chi connectivity index (χ0v) is 13.3. The Morgan fingerprint density at radius 2 is 1.91 bits per heavy atom. The maximum absolute atomic E-state index is 11.7. The summed E-state index contributed by atoms with van der Waals surface area (Å²) in [6.07, 6.45) is 1.60. The van der Waals surface area contributed by atoms with Crippen molar-refractivity contribution in [3.63, 3.8) is 0 Å². The standard InChI is InChI=1S/C17H18ClN3O/c1-12(2)14-8-6-13(7-9-14)11-19-21-17(22)20-16-5-3-4-15(18)10-16/h3-12H,1-2H3,(H2,20,21,22). The fourth-order valence-corrected chi connectivity index (χ4v) is 2.05. The van der Waals surface area contributed by atoms with E-state index in [0.717, 1.165) is 5.56 Å². The van der Waals surface area contributed by atoms with Crippen molar-refractivity contribution in [2.75, 3.05) is 5.32 Å². The highest BCUT2D eigenvalue weighted by Crippen LogP contribution is 2.15. The number of nitrogens with zero attached hydrogens (tertiary/aromatic N) is 1. The monoisotopic (exact) mass is 315 g/mol. The third kappa shape index (κ3) is 4.90. The molecule has 2 rings (SSSR count). The smallest absolute Gasteiger partial charge is 0.306 e. The van der Waals surface area contributed by atoms with Crippen molar-refractivity contribution in [2.45, 2.75) is 19.8 Å². The summed E-state index contributed by atoms with van der Waals surface area (Å²) < 4.78 is 0. The first-order valence-electron chi connectivity index (χ1n) is 7.00. The van der Waals surface area contributed by atoms with Crippen LogP contribution in [0.25, 0.3) is 0 Å². The van der Waals surface area contributed by atoms with Crippen molar-refractivity contribution in [1.82, 2.24) is 5.43 Å². The van der Waals surface area contributed by atoms with Gasteiger partial charge in [0.15, 0.2) is 0 Å². The van der Waals surface area contributed by atoms with Gasteiger partial charge in [0.2, 0.25) is 0 Å². The van der Waals surface area contributed by atoms with Crippen LogP contribution >= 0.6 is 11.6 Å². The molecule has 2 aromatic rings. The van der Waals surface area contributed by atoms with Gasteiger partial charge in [-0.05, 0) is 35.2 Å². The van der Waals surface area contributed by atoms with E-state index in [1.54, 1.807) is 30.5 Å². The number of halogens is 1. The molecular weight excluding hydrogens is 298 g/mol. The number of urea groups is 1. The summed E-state index contributed by atoms with van der Waals surface area (Å²) in [4.78, 5) is 11.7. The second-order valence-corrected chi connectivity index (χ2v) is 5.59. The highest BCUT2D eigenvalue weighted by molar-refractivity contribution is 6.30. The van der Waals surface area contributed by atoms with E-state index in [0.29, 0.717) is 16.6 Å². The van der Waals surface area contributed by atoms with Crippen LogP contribution in [0.1, 0.15) is 30.9 Å². The summed E-state index contributed by atoms with van der Waals surface area (Å²) in [7, 11) is 0. The van der Waals surface area contributed by atoms with Crippen molar-refractivity contribution in [1.29, 1.82) is 0 Å². The largest absolute Gasteiger partial charge is 0.339 e. The molecule has 5 heteroatoms. The lowest BCUT2D eigenvalue weighted by Gasteiger charge is -2.05. The predicted octanol–water partition coefficient (Wildman–Crippen LogP) is 4.62. The Bertz CT molecular complexity index is 666. The normalized spacial score (nSPS) is 10.9. The number of hydrogen-bond donors (Lipinski definition) is 2. The van der Waals surface area contributed by atoms with E-state index in [9.17, 15) is 4.79 Å². The van der Waals surface area contributed by atoms with Gasteiger partial charge >= 0.3 is 6.03 Å². The van der Waals surface area contributed by atoms with E-state index in [1.165, 1.54) is 5.56 Å². The summed E-state index contributed by atoms with van der Waals surface area (Å²) in [5.41, 5.74) is 5.22. The van der Waals surface area contributed by atoms with Crippen molar-refractivity contribution in [2.24, 2.45) is 5.10 Å². The highest BCUT2D eigenvalue weighted by Gasteiger charge is 2.00. The quantitative estimate of drug-likeness (QED) is 0.628. The summed E-state index contributed by atoms with van der Waals surface area (Å²) in [5.74, 6) is 0.493. The fraction of sp³-hybridized carbons (Fsp3) is 0.176. The summed E-state index contributed by atoms with van der Waals surface area (Å²) in [6, 6.07) is 14.5. The Balaban J connectivity index is 1.87. The lowest BCUT2D eigenvalue weighted by Crippen LogP contribution is -2.24. The molecular formula is C17H18ClN3O. The van der Waals surface area contributed by atoms with Gasteiger partial charge in [-0.3, -0.25) is 0 Å². The number of carbonyl (C=O) groups excluding carboxylic acids is 1. The summed E-state index contributed by atoms with van der Waals surface area (Å²) >= 11 is 5.85. The van der Waals surface area contributed by atoms with Gasteiger partial charge in [-0.1, -0.05) is 55.8 Å². The summed E-state index contributed by atoms with van der Waals surface area (Å²) in [5, 5.41) is 7.12. The van der Waals surface area contributed by atoms with Gasteiger partial charge in [0.05, 0.1) is 6.21 Å². The van der Waals surface area contributed by atoms with Gasteiger partial charge in [0, 0.05) is 10.7 Å². The van der Waals surface area contributed by atoms with Crippen LogP contribution in [0, 0.1) is 0 Å². The van der Waals surface area contributed by atoms with E-state index in [2.05, 4.69) is 41.8 Å². The molecule has 0 radical (unpaired) electrons. The number of benzene rings is 2. The van der Waals surface area contributed by atoms with Crippen molar-refractivity contribution >= 4 is 29.5 Å². The number of hydrazone groups is 1. The maximum atomic E-state index is 11.7. The molecule has 0 aromatic heterocycles. The topological polar surface area (TPSA) is 53.5 Å². The molecule has 0 spiro atoms. The zero-order chi connectivity index (χ0) is 15.9. The van der Waals surface area contributed by atoms with Gasteiger partial charge in [-0.2, -0.15) is 5.10 Å². The molecule has 114 valence electrons. The molecule has 0 bridgehead atoms. The van der Waals surface area contributed by atoms with Crippen molar-refractivity contribution in [3.05, 3.63) is 64.7 Å². The number of carbonyl (C=O) groups is 1. The van der Waals surface area contributed by atoms with Crippen molar-refractivity contribution in [3.8, 4) is 0 Å². The van der Waals surface area contributed by atoms with E-state index in [1.807, 2.05) is 12.1 Å². The van der Waals surface area contributed by atoms with Gasteiger partial charge in [0.25, 0.3) is 0 Å². The number of nitrogens with one attached hydrogen (secondary N) is 2. The van der Waals surface area contributed by atoms with E-state index < -0.39 is 6.03 Å². The number of anilines is 1. The molecule has 0 atom stereocenters. The fourth-order valence-electron chi connectivity index (χ4n) is 1.86. The molecule has 2 aromatic carbocycles. The minimum atomic E-state index is -0.419. The minimum absolute atomic E-state index is 0.419. The molecule has 0 unspecified atom stereocenters. The van der Waals surface area contributed by atoms with E-state index in [-0.39, 0.29) is 0 Å². The molecule has 0 aliphatic rings. The molecule has 2 N–H and O–H groups in total. The SMILES string of the molecule is CC(C)c1ccc(C=NNC(=O)Nc2cccc(Cl)c2)cc1. The Labute approximate surface area is 135 Å². The van der Waals surface area contributed by atoms with E-state index in [4.69, 9.17) is 11.6 Å². The van der Waals surface area contributed by atoms with Gasteiger partial charge in [-0.25, -0.2) is 10.2 Å². The van der Waals surface area contributed by atoms with Crippen LogP contribution in [0.15, 0.2) is 53.6 Å². The van der Waals surface area contributed by atoms with Gasteiger partial charge in [-0.15, -0.1) is 0 Å². The van der Waals surface area contributed by atoms with Crippen LogP contribution in [0.2, 0.25) is 5.02 Å². The molecule has 4 nitrogen and oxygen atoms in total. The Kier molecular flexibility index (Phi) is 5.55. The number of amides is 2. The molecule has 0 saturated carbocycles. The lowest BCUT2D eigenvalue weighted by molar-refractivity contribution is 0.252. The number of hydrogen-bond acceptors (Lipinski definition) is 2. The van der Waals surface area contributed by atoms with Crippen LogP contribution in [0.5, 0.6) is 0 Å². The van der Waals surface area contributed by atoms with Crippen LogP contribution in [-0.2, 0) is 0 Å². The Morgan fingerprint density at radius 3 is 2.55 bits per heavy atom. The highest BCUT2D eigenvalue weighted by atomic mass is 35.5. The van der Waals surface area contributed by atoms with Gasteiger partial charge in [0.1, 0.15) is 0 Å². The first-order chi connectivity index (χ1) is 10.5. The second kappa shape index (κ2) is 7.61. The average Bonchev–Trinajstić information content (AvgIpc) is 2.47. The zero-order valence-electron chi connectivity index (χ0n) is 12.5. The molecule has 0 saturated heterocycles. The first kappa shape index (κ1) is 16.0. The molecule has 0 aliphatic carbocycles. The number of rotatable bonds is 4. The van der Waals surface area contributed by atoms with Crippen LogP contribution in [0.4, 0.5) is 10.5 Å². The van der Waals surface area contributed by atoms with Crippen LogP contribution in [-0.4, -0.2) is 12.2 Å². The minimum Gasteiger partial charge on any atom is -0.306 e. The first-order valence-corrected chi connectivity index (χ1v) is 7.38. The van der Waals surface area contributed by atoms with Crippen LogP contribution in [0.3, 0.4) is 0 Å². The van der Waals surface area contributed by atoms with Crippen LogP contribution < -0.4 is 10.7 Å². The second-order valence-electron chi connectivity index (χ2n) is 5.16.